The lowest BCUT2D eigenvalue weighted by Crippen LogP contribution is -2.49. The summed E-state index contributed by atoms with van der Waals surface area (Å²) in [5, 5.41) is 5.67. The molecule has 0 radical (unpaired) electrons. The fourth-order valence-electron chi connectivity index (χ4n) is 3.94. The molecule has 0 aliphatic carbocycles. The Morgan fingerprint density at radius 2 is 1.83 bits per heavy atom. The molecule has 0 unspecified atom stereocenters. The summed E-state index contributed by atoms with van der Waals surface area (Å²) in [6.07, 6.45) is 0. The van der Waals surface area contributed by atoms with Gasteiger partial charge in [-0.3, -0.25) is 14.5 Å². The summed E-state index contributed by atoms with van der Waals surface area (Å²) < 4.78 is 1.33. The Morgan fingerprint density at radius 1 is 1.09 bits per heavy atom. The van der Waals surface area contributed by atoms with Crippen molar-refractivity contribution in [3.63, 3.8) is 0 Å². The number of rotatable bonds is 6. The molecular weight excluding hydrogens is 502 g/mol. The van der Waals surface area contributed by atoms with Crippen LogP contribution in [-0.4, -0.2) is 62.2 Å². The smallest absolute Gasteiger partial charge is 0.275 e. The lowest BCUT2D eigenvalue weighted by Gasteiger charge is -2.34. The molecule has 5 rings (SSSR count). The number of amides is 1. The van der Waals surface area contributed by atoms with Crippen LogP contribution in [0.15, 0.2) is 64.3 Å². The maximum Gasteiger partial charge on any atom is 0.275 e. The third-order valence-electron chi connectivity index (χ3n) is 5.90. The second kappa shape index (κ2) is 10.5. The zero-order valence-corrected chi connectivity index (χ0v) is 21.6. The average Bonchev–Trinajstić information content (AvgIpc) is 3.29. The molecule has 180 valence electrons. The summed E-state index contributed by atoms with van der Waals surface area (Å²) in [5.41, 5.74) is 2.50. The topological polar surface area (TPSA) is 70.8 Å². The second-order valence-corrected chi connectivity index (χ2v) is 10.8. The van der Waals surface area contributed by atoms with Crippen LogP contribution in [0.3, 0.4) is 0 Å². The summed E-state index contributed by atoms with van der Waals surface area (Å²) >= 11 is 9.22. The number of carbonyl (C=O) groups excluding carboxylic acids is 1. The van der Waals surface area contributed by atoms with Crippen molar-refractivity contribution in [1.29, 1.82) is 0 Å². The number of hydrogen-bond acceptors (Lipinski definition) is 7. The number of benzene rings is 2. The van der Waals surface area contributed by atoms with E-state index < -0.39 is 0 Å². The second-order valence-electron chi connectivity index (χ2n) is 8.43. The third kappa shape index (κ3) is 5.59. The van der Waals surface area contributed by atoms with Gasteiger partial charge in [0.25, 0.3) is 5.56 Å². The molecule has 1 aliphatic heterocycles. The van der Waals surface area contributed by atoms with Gasteiger partial charge in [0.1, 0.15) is 5.01 Å². The van der Waals surface area contributed by atoms with Crippen molar-refractivity contribution in [3.05, 3.63) is 81.2 Å². The Labute approximate surface area is 216 Å². The van der Waals surface area contributed by atoms with Gasteiger partial charge in [0, 0.05) is 49.2 Å². The quantitative estimate of drug-likeness (QED) is 0.351. The molecule has 7 nitrogen and oxygen atoms in total. The highest BCUT2D eigenvalue weighted by Gasteiger charge is 2.22. The predicted molar refractivity (Wildman–Crippen MR) is 141 cm³/mol. The number of carbonyl (C=O) groups is 1. The zero-order valence-electron chi connectivity index (χ0n) is 19.2. The van der Waals surface area contributed by atoms with Gasteiger partial charge in [-0.2, -0.15) is 9.61 Å². The Bertz CT molecular complexity index is 1410. The SMILES string of the molecule is Cc1ccc(SCC(=O)N2CCN(Cc3cc(=O)n4nc(-c5ccccc5Cl)sc4n3)CC2)cc1. The van der Waals surface area contributed by atoms with E-state index in [0.717, 1.165) is 23.5 Å². The van der Waals surface area contributed by atoms with Crippen molar-refractivity contribution in [2.24, 2.45) is 0 Å². The van der Waals surface area contributed by atoms with Gasteiger partial charge in [0.2, 0.25) is 10.9 Å². The number of halogens is 1. The van der Waals surface area contributed by atoms with Crippen molar-refractivity contribution in [1.82, 2.24) is 24.4 Å². The van der Waals surface area contributed by atoms with E-state index in [2.05, 4.69) is 46.2 Å². The average molecular weight is 526 g/mol. The minimum Gasteiger partial charge on any atom is -0.339 e. The Kier molecular flexibility index (Phi) is 7.19. The fourth-order valence-corrected chi connectivity index (χ4v) is 5.98. The molecule has 1 amide bonds. The van der Waals surface area contributed by atoms with Gasteiger partial charge < -0.3 is 4.90 Å². The highest BCUT2D eigenvalue weighted by atomic mass is 35.5. The standard InChI is InChI=1S/C25H24ClN5O2S2/c1-17-6-8-19(9-7-17)34-16-23(33)30-12-10-29(11-13-30)15-18-14-22(32)31-25(27-18)35-24(28-31)20-4-2-3-5-21(20)26/h2-9,14H,10-13,15-16H2,1H3. The molecule has 1 fully saturated rings. The van der Waals surface area contributed by atoms with E-state index in [1.54, 1.807) is 23.9 Å². The van der Waals surface area contributed by atoms with Crippen molar-refractivity contribution in [3.8, 4) is 10.6 Å². The van der Waals surface area contributed by atoms with Gasteiger partial charge in [0.05, 0.1) is 16.5 Å². The number of hydrogen-bond donors (Lipinski definition) is 0. The van der Waals surface area contributed by atoms with Crippen LogP contribution in [-0.2, 0) is 11.3 Å². The van der Waals surface area contributed by atoms with Crippen LogP contribution in [0.4, 0.5) is 0 Å². The molecule has 0 spiro atoms. The van der Waals surface area contributed by atoms with Gasteiger partial charge in [-0.15, -0.1) is 11.8 Å². The Hall–Kier alpha value is -2.72. The third-order valence-corrected chi connectivity index (χ3v) is 8.16. The van der Waals surface area contributed by atoms with E-state index in [1.807, 2.05) is 23.1 Å². The molecule has 35 heavy (non-hydrogen) atoms. The van der Waals surface area contributed by atoms with E-state index in [9.17, 15) is 9.59 Å². The van der Waals surface area contributed by atoms with Gasteiger partial charge in [-0.05, 0) is 25.1 Å². The number of nitrogens with zero attached hydrogens (tertiary/aromatic N) is 5. The molecule has 1 aliphatic rings. The van der Waals surface area contributed by atoms with Crippen LogP contribution >= 0.6 is 34.7 Å². The van der Waals surface area contributed by atoms with Crippen LogP contribution in [0, 0.1) is 6.92 Å². The molecular formula is C25H24ClN5O2S2. The first-order valence-corrected chi connectivity index (χ1v) is 13.5. The number of piperazine rings is 1. The first kappa shape index (κ1) is 24.0. The molecule has 1 saturated heterocycles. The highest BCUT2D eigenvalue weighted by Crippen LogP contribution is 2.30. The number of aromatic nitrogens is 3. The molecule has 2 aromatic heterocycles. The van der Waals surface area contributed by atoms with E-state index in [4.69, 9.17) is 11.6 Å². The van der Waals surface area contributed by atoms with Crippen LogP contribution in [0.2, 0.25) is 5.02 Å². The van der Waals surface area contributed by atoms with E-state index in [-0.39, 0.29) is 11.5 Å². The van der Waals surface area contributed by atoms with E-state index in [1.165, 1.54) is 21.4 Å². The van der Waals surface area contributed by atoms with Gasteiger partial charge in [-0.25, -0.2) is 4.98 Å². The van der Waals surface area contributed by atoms with E-state index in [0.29, 0.717) is 46.1 Å². The molecule has 0 N–H and O–H groups in total. The number of aryl methyl sites for hydroxylation is 1. The minimum atomic E-state index is -0.207. The van der Waals surface area contributed by atoms with Gasteiger partial charge in [0.15, 0.2) is 0 Å². The van der Waals surface area contributed by atoms with Gasteiger partial charge in [-0.1, -0.05) is 58.8 Å². The Balaban J connectivity index is 1.19. The summed E-state index contributed by atoms with van der Waals surface area (Å²) in [4.78, 5) is 35.8. The molecule has 2 aromatic carbocycles. The number of thioether (sulfide) groups is 1. The van der Waals surface area contributed by atoms with Crippen molar-refractivity contribution in [2.75, 3.05) is 31.9 Å². The van der Waals surface area contributed by atoms with Crippen LogP contribution < -0.4 is 5.56 Å². The molecule has 4 aromatic rings. The zero-order chi connectivity index (χ0) is 24.4. The first-order valence-electron chi connectivity index (χ1n) is 11.3. The molecule has 0 saturated carbocycles. The summed E-state index contributed by atoms with van der Waals surface area (Å²) in [7, 11) is 0. The predicted octanol–water partition coefficient (Wildman–Crippen LogP) is 4.22. The van der Waals surface area contributed by atoms with E-state index >= 15 is 0 Å². The van der Waals surface area contributed by atoms with Gasteiger partial charge >= 0.3 is 0 Å². The Morgan fingerprint density at radius 3 is 2.57 bits per heavy atom. The molecule has 0 atom stereocenters. The van der Waals surface area contributed by atoms with Crippen LogP contribution in [0.25, 0.3) is 15.5 Å². The summed E-state index contributed by atoms with van der Waals surface area (Å²) in [6, 6.07) is 17.2. The largest absolute Gasteiger partial charge is 0.339 e. The lowest BCUT2D eigenvalue weighted by atomic mass is 10.2. The summed E-state index contributed by atoms with van der Waals surface area (Å²) in [5.74, 6) is 0.599. The molecule has 0 bridgehead atoms. The molecule has 10 heteroatoms. The maximum atomic E-state index is 12.7. The van der Waals surface area contributed by atoms with Crippen molar-refractivity contribution < 1.29 is 4.79 Å². The number of fused-ring (bicyclic) bond motifs is 1. The van der Waals surface area contributed by atoms with Crippen LogP contribution in [0.5, 0.6) is 0 Å². The normalized spacial score (nSPS) is 14.5. The minimum absolute atomic E-state index is 0.157. The van der Waals surface area contributed by atoms with Crippen molar-refractivity contribution >= 4 is 45.6 Å². The fraction of sp³-hybridized carbons (Fsp3) is 0.280. The maximum absolute atomic E-state index is 12.7. The monoisotopic (exact) mass is 525 g/mol. The van der Waals surface area contributed by atoms with Crippen molar-refractivity contribution in [2.45, 2.75) is 18.4 Å². The molecule has 3 heterocycles. The first-order chi connectivity index (χ1) is 17.0. The van der Waals surface area contributed by atoms with Crippen LogP contribution in [0.1, 0.15) is 11.3 Å². The lowest BCUT2D eigenvalue weighted by molar-refractivity contribution is -0.130. The summed E-state index contributed by atoms with van der Waals surface area (Å²) in [6.45, 7) is 5.45. The highest BCUT2D eigenvalue weighted by molar-refractivity contribution is 8.00.